The zero-order valence-electron chi connectivity index (χ0n) is 16.9. The molecule has 154 valence electrons. The van der Waals surface area contributed by atoms with Crippen LogP contribution < -0.4 is 5.32 Å². The minimum atomic E-state index is -0.117. The maximum atomic E-state index is 13.1. The van der Waals surface area contributed by atoms with E-state index in [1.807, 2.05) is 35.0 Å². The van der Waals surface area contributed by atoms with Gasteiger partial charge in [-0.05, 0) is 13.3 Å². The fourth-order valence-corrected chi connectivity index (χ4v) is 4.91. The van der Waals surface area contributed by atoms with E-state index in [4.69, 9.17) is 4.98 Å². The number of carbonyl (C=O) groups excluding carboxylic acids is 1. The van der Waals surface area contributed by atoms with Gasteiger partial charge in [0.05, 0.1) is 17.8 Å². The summed E-state index contributed by atoms with van der Waals surface area (Å²) in [6, 6.07) is 10.2. The number of benzene rings is 1. The molecule has 2 aromatic heterocycles. The first-order valence-corrected chi connectivity index (χ1v) is 11.1. The molecule has 4 heterocycles. The van der Waals surface area contributed by atoms with E-state index >= 15 is 0 Å². The molecule has 5 rings (SSSR count). The second kappa shape index (κ2) is 7.71. The number of aliphatic imine (C=N–C) groups is 1. The van der Waals surface area contributed by atoms with Crippen molar-refractivity contribution in [1.82, 2.24) is 29.9 Å². The Morgan fingerprint density at radius 3 is 2.87 bits per heavy atom. The molecule has 0 spiro atoms. The van der Waals surface area contributed by atoms with Gasteiger partial charge in [-0.15, -0.1) is 11.8 Å². The van der Waals surface area contributed by atoms with E-state index < -0.39 is 0 Å². The number of nitrogens with one attached hydrogen (secondary N) is 1. The van der Waals surface area contributed by atoms with E-state index in [0.717, 1.165) is 46.5 Å². The Morgan fingerprint density at radius 1 is 1.27 bits per heavy atom. The molecule has 2 atom stereocenters. The number of aryl methyl sites for hydroxylation is 2. The van der Waals surface area contributed by atoms with Crippen LogP contribution in [-0.2, 0) is 20.0 Å². The molecule has 2 aliphatic rings. The number of fused-ring (bicyclic) bond motifs is 1. The third-order valence-electron chi connectivity index (χ3n) is 5.42. The maximum absolute atomic E-state index is 13.1. The highest BCUT2D eigenvalue weighted by atomic mass is 32.2. The van der Waals surface area contributed by atoms with Crippen LogP contribution in [0.15, 0.2) is 41.5 Å². The monoisotopic (exact) mass is 421 g/mol. The van der Waals surface area contributed by atoms with E-state index in [-0.39, 0.29) is 18.0 Å². The molecule has 0 bridgehead atoms. The Bertz CT molecular complexity index is 1120. The first kappa shape index (κ1) is 19.0. The summed E-state index contributed by atoms with van der Waals surface area (Å²) in [5.41, 5.74) is 2.38. The molecule has 0 fully saturated rings. The molecule has 30 heavy (non-hydrogen) atoms. The predicted molar refractivity (Wildman–Crippen MR) is 117 cm³/mol. The van der Waals surface area contributed by atoms with Crippen molar-refractivity contribution in [3.63, 3.8) is 0 Å². The molecular weight excluding hydrogens is 398 g/mol. The van der Waals surface area contributed by atoms with Crippen LogP contribution in [0, 0.1) is 0 Å². The zero-order chi connectivity index (χ0) is 20.7. The first-order valence-electron chi connectivity index (χ1n) is 10.1. The van der Waals surface area contributed by atoms with Crippen LogP contribution in [0.5, 0.6) is 0 Å². The summed E-state index contributed by atoms with van der Waals surface area (Å²) in [5.74, 6) is 2.46. The largest absolute Gasteiger partial charge is 0.347 e. The van der Waals surface area contributed by atoms with Crippen molar-refractivity contribution in [2.45, 2.75) is 38.4 Å². The van der Waals surface area contributed by atoms with Crippen molar-refractivity contribution in [3.8, 4) is 11.4 Å². The fourth-order valence-electron chi connectivity index (χ4n) is 3.88. The first-order chi connectivity index (χ1) is 14.6. The van der Waals surface area contributed by atoms with Gasteiger partial charge in [-0.3, -0.25) is 14.5 Å². The Kier molecular flexibility index (Phi) is 4.90. The number of thioether (sulfide) groups is 1. The average molecular weight is 422 g/mol. The summed E-state index contributed by atoms with van der Waals surface area (Å²) in [7, 11) is 1.80. The van der Waals surface area contributed by atoms with Crippen LogP contribution in [0.4, 0.5) is 0 Å². The average Bonchev–Trinajstić information content (AvgIpc) is 3.46. The molecule has 9 heteroatoms. The third kappa shape index (κ3) is 3.54. The zero-order valence-corrected chi connectivity index (χ0v) is 17.8. The lowest BCUT2D eigenvalue weighted by Gasteiger charge is -2.23. The van der Waals surface area contributed by atoms with Crippen LogP contribution in [0.25, 0.3) is 11.4 Å². The lowest BCUT2D eigenvalue weighted by molar-refractivity contribution is 0.0920. The highest BCUT2D eigenvalue weighted by Gasteiger charge is 2.28. The van der Waals surface area contributed by atoms with E-state index in [1.54, 1.807) is 29.7 Å². The lowest BCUT2D eigenvalue weighted by atomic mass is 10.1. The number of aromatic nitrogens is 5. The SMILES string of the molecule is CC1CSC(c2cnn(C)c2C(=O)NC2CCn3nc(-c4ccccc4)nc3C2)=N1. The molecule has 1 amide bonds. The molecule has 0 saturated carbocycles. The van der Waals surface area contributed by atoms with Crippen LogP contribution in [0.2, 0.25) is 0 Å². The van der Waals surface area contributed by atoms with Crippen LogP contribution in [-0.4, -0.2) is 53.3 Å². The Labute approximate surface area is 178 Å². The second-order valence-electron chi connectivity index (χ2n) is 7.73. The lowest BCUT2D eigenvalue weighted by Crippen LogP contribution is -2.41. The minimum absolute atomic E-state index is 0.0117. The van der Waals surface area contributed by atoms with Crippen molar-refractivity contribution in [2.24, 2.45) is 12.0 Å². The minimum Gasteiger partial charge on any atom is -0.347 e. The summed E-state index contributed by atoms with van der Waals surface area (Å²) in [6.45, 7) is 2.82. The highest BCUT2D eigenvalue weighted by molar-refractivity contribution is 8.14. The Balaban J connectivity index is 1.33. The molecule has 2 unspecified atom stereocenters. The van der Waals surface area contributed by atoms with Gasteiger partial charge in [0, 0.05) is 37.4 Å². The summed E-state index contributed by atoms with van der Waals surface area (Å²) in [5, 5.41) is 13.0. The van der Waals surface area contributed by atoms with Gasteiger partial charge in [0.25, 0.3) is 5.91 Å². The van der Waals surface area contributed by atoms with Gasteiger partial charge >= 0.3 is 0 Å². The topological polar surface area (TPSA) is 90.0 Å². The van der Waals surface area contributed by atoms with Gasteiger partial charge < -0.3 is 5.32 Å². The smallest absolute Gasteiger partial charge is 0.270 e. The molecule has 0 aliphatic carbocycles. The molecule has 3 aromatic rings. The molecule has 0 saturated heterocycles. The predicted octanol–water partition coefficient (Wildman–Crippen LogP) is 2.31. The maximum Gasteiger partial charge on any atom is 0.270 e. The van der Waals surface area contributed by atoms with Gasteiger partial charge in [0.2, 0.25) is 0 Å². The highest BCUT2D eigenvalue weighted by Crippen LogP contribution is 2.26. The Hall–Kier alpha value is -2.94. The van der Waals surface area contributed by atoms with E-state index in [2.05, 4.69) is 27.4 Å². The number of amides is 1. The van der Waals surface area contributed by atoms with Gasteiger partial charge in [0.15, 0.2) is 5.82 Å². The standard InChI is InChI=1S/C21H23N7OS/c1-13-12-30-21(23-13)16-11-22-27(2)18(16)20(29)24-15-8-9-28-17(10-15)25-19(26-28)14-6-4-3-5-7-14/h3-7,11,13,15H,8-10,12H2,1-2H3,(H,24,29). The van der Waals surface area contributed by atoms with E-state index in [9.17, 15) is 4.79 Å². The summed E-state index contributed by atoms with van der Waals surface area (Å²) >= 11 is 1.68. The molecule has 1 aromatic carbocycles. The van der Waals surface area contributed by atoms with E-state index in [1.165, 1.54) is 0 Å². The summed E-state index contributed by atoms with van der Waals surface area (Å²) in [4.78, 5) is 22.5. The third-order valence-corrected chi connectivity index (χ3v) is 6.66. The van der Waals surface area contributed by atoms with Gasteiger partial charge in [-0.2, -0.15) is 10.2 Å². The molecule has 2 aliphatic heterocycles. The Morgan fingerprint density at radius 2 is 2.10 bits per heavy atom. The normalized spacial score (nSPS) is 20.7. The van der Waals surface area contributed by atoms with Crippen molar-refractivity contribution < 1.29 is 4.79 Å². The molecular formula is C21H23N7OS. The second-order valence-corrected chi connectivity index (χ2v) is 8.74. The van der Waals surface area contributed by atoms with Gasteiger partial charge in [-0.1, -0.05) is 30.3 Å². The molecule has 8 nitrogen and oxygen atoms in total. The van der Waals surface area contributed by atoms with Crippen LogP contribution >= 0.6 is 11.8 Å². The fraction of sp³-hybridized carbons (Fsp3) is 0.381. The number of carbonyl (C=O) groups is 1. The van der Waals surface area contributed by atoms with Gasteiger partial charge in [0.1, 0.15) is 16.6 Å². The van der Waals surface area contributed by atoms with Crippen LogP contribution in [0.1, 0.15) is 35.2 Å². The van der Waals surface area contributed by atoms with Crippen LogP contribution in [0.3, 0.4) is 0 Å². The molecule has 1 N–H and O–H groups in total. The number of rotatable bonds is 4. The van der Waals surface area contributed by atoms with E-state index in [0.29, 0.717) is 12.1 Å². The van der Waals surface area contributed by atoms with Crippen molar-refractivity contribution in [1.29, 1.82) is 0 Å². The van der Waals surface area contributed by atoms with Crippen molar-refractivity contribution >= 4 is 22.7 Å². The summed E-state index contributed by atoms with van der Waals surface area (Å²) in [6.07, 6.45) is 3.21. The number of nitrogens with zero attached hydrogens (tertiary/aromatic N) is 6. The van der Waals surface area contributed by atoms with Gasteiger partial charge in [-0.25, -0.2) is 9.67 Å². The number of hydrogen-bond donors (Lipinski definition) is 1. The summed E-state index contributed by atoms with van der Waals surface area (Å²) < 4.78 is 3.58. The number of hydrogen-bond acceptors (Lipinski definition) is 6. The van der Waals surface area contributed by atoms with Crippen molar-refractivity contribution in [2.75, 3.05) is 5.75 Å². The molecule has 0 radical (unpaired) electrons. The quantitative estimate of drug-likeness (QED) is 0.698. The van der Waals surface area contributed by atoms with Crippen molar-refractivity contribution in [3.05, 3.63) is 53.6 Å².